The molecule has 6 nitrogen and oxygen atoms in total. The molecule has 62 heavy (non-hydrogen) atoms. The molecule has 368 valence electrons. The predicted molar refractivity (Wildman–Crippen MR) is 266 cm³/mol. The minimum atomic E-state index is -0.763. The molecule has 0 spiro atoms. The van der Waals surface area contributed by atoms with E-state index < -0.39 is 6.10 Å². The lowest BCUT2D eigenvalue weighted by Crippen LogP contribution is -2.30. The van der Waals surface area contributed by atoms with E-state index >= 15 is 0 Å². The third-order valence-corrected chi connectivity index (χ3v) is 13.1. The summed E-state index contributed by atoms with van der Waals surface area (Å²) in [6.45, 7) is 11.4. The summed E-state index contributed by atoms with van der Waals surface area (Å²) in [7, 11) is 0. The van der Waals surface area contributed by atoms with Crippen molar-refractivity contribution in [1.82, 2.24) is 0 Å². The third-order valence-electron chi connectivity index (χ3n) is 13.1. The summed E-state index contributed by atoms with van der Waals surface area (Å²) < 4.78 is 16.9. The number of ether oxygens (including phenoxy) is 3. The van der Waals surface area contributed by atoms with Crippen LogP contribution in [-0.4, -0.2) is 37.2 Å². The van der Waals surface area contributed by atoms with Gasteiger partial charge in [-0.3, -0.25) is 14.4 Å². The van der Waals surface area contributed by atoms with Crippen LogP contribution in [0.25, 0.3) is 0 Å². The van der Waals surface area contributed by atoms with E-state index in [1.807, 2.05) is 0 Å². The smallest absolute Gasteiger partial charge is 0.306 e. The Labute approximate surface area is 387 Å². The van der Waals surface area contributed by atoms with Crippen LogP contribution in [0, 0.1) is 11.8 Å². The van der Waals surface area contributed by atoms with Crippen LogP contribution in [0.3, 0.4) is 0 Å². The number of unbranched alkanes of at least 4 members (excludes halogenated alkanes) is 34. The van der Waals surface area contributed by atoms with Crippen molar-refractivity contribution in [3.05, 3.63) is 0 Å². The molecular formula is C56H108O6. The predicted octanol–water partition coefficient (Wildman–Crippen LogP) is 18.1. The lowest BCUT2D eigenvalue weighted by atomic mass is 9.99. The number of carbonyl (C=O) groups is 3. The zero-order valence-corrected chi connectivity index (χ0v) is 42.5. The SMILES string of the molecule is CCCCCCCCCCCCCCCCCCCC(=O)OC[C@H](COC(=O)CCCCCCCCCCC(C)CC)OC(=O)CCCCCCCCCCCCCCC(C)C. The van der Waals surface area contributed by atoms with Gasteiger partial charge in [-0.1, -0.05) is 272 Å². The summed E-state index contributed by atoms with van der Waals surface area (Å²) in [6.07, 6.45) is 50.9. The Balaban J connectivity index is 4.30. The van der Waals surface area contributed by atoms with Crippen molar-refractivity contribution < 1.29 is 28.6 Å². The van der Waals surface area contributed by atoms with Gasteiger partial charge in [-0.05, 0) is 31.1 Å². The standard InChI is InChI=1S/C56H108O6/c1-6-8-9-10-11-12-13-14-15-16-17-18-22-25-31-36-41-46-54(57)60-49-53(50-61-55(58)47-42-37-32-28-27-30-35-40-45-52(5)7-2)62-56(59)48-43-38-33-26-23-20-19-21-24-29-34-39-44-51(3)4/h51-53H,6-50H2,1-5H3/t52?,53-/m1/s1. The van der Waals surface area contributed by atoms with Gasteiger partial charge in [0.25, 0.3) is 0 Å². The molecule has 0 amide bonds. The lowest BCUT2D eigenvalue weighted by Gasteiger charge is -2.18. The monoisotopic (exact) mass is 877 g/mol. The summed E-state index contributed by atoms with van der Waals surface area (Å²) in [5.74, 6) is 0.835. The summed E-state index contributed by atoms with van der Waals surface area (Å²) in [5.41, 5.74) is 0. The molecule has 0 N–H and O–H groups in total. The molecule has 0 aromatic heterocycles. The van der Waals surface area contributed by atoms with E-state index in [2.05, 4.69) is 34.6 Å². The topological polar surface area (TPSA) is 78.9 Å². The molecule has 0 aliphatic rings. The number of rotatable bonds is 50. The van der Waals surface area contributed by atoms with Crippen molar-refractivity contribution in [1.29, 1.82) is 0 Å². The number of hydrogen-bond donors (Lipinski definition) is 0. The first-order valence-electron chi connectivity index (χ1n) is 27.8. The summed E-state index contributed by atoms with van der Waals surface area (Å²) >= 11 is 0. The molecule has 6 heteroatoms. The Morgan fingerprint density at radius 1 is 0.339 bits per heavy atom. The van der Waals surface area contributed by atoms with Gasteiger partial charge >= 0.3 is 17.9 Å². The molecule has 0 heterocycles. The first-order valence-corrected chi connectivity index (χ1v) is 27.8. The van der Waals surface area contributed by atoms with Gasteiger partial charge < -0.3 is 14.2 Å². The van der Waals surface area contributed by atoms with Crippen LogP contribution in [0.1, 0.15) is 311 Å². The second kappa shape index (κ2) is 48.9. The molecule has 0 radical (unpaired) electrons. The maximum atomic E-state index is 12.8. The van der Waals surface area contributed by atoms with Crippen LogP contribution >= 0.6 is 0 Å². The molecule has 2 atom stereocenters. The first kappa shape index (κ1) is 60.4. The Morgan fingerprint density at radius 3 is 0.919 bits per heavy atom. The van der Waals surface area contributed by atoms with E-state index in [4.69, 9.17) is 14.2 Å². The van der Waals surface area contributed by atoms with Crippen LogP contribution in [0.4, 0.5) is 0 Å². The van der Waals surface area contributed by atoms with Gasteiger partial charge in [0, 0.05) is 19.3 Å². The Bertz CT molecular complexity index is 949. The van der Waals surface area contributed by atoms with Gasteiger partial charge in [0.2, 0.25) is 0 Å². The highest BCUT2D eigenvalue weighted by molar-refractivity contribution is 5.71. The van der Waals surface area contributed by atoms with Gasteiger partial charge in [-0.15, -0.1) is 0 Å². The zero-order valence-electron chi connectivity index (χ0n) is 42.5. The van der Waals surface area contributed by atoms with Gasteiger partial charge in [-0.2, -0.15) is 0 Å². The van der Waals surface area contributed by atoms with E-state index in [1.165, 1.54) is 199 Å². The molecule has 0 saturated heterocycles. The van der Waals surface area contributed by atoms with Crippen molar-refractivity contribution in [3.8, 4) is 0 Å². The molecule has 0 aliphatic heterocycles. The lowest BCUT2D eigenvalue weighted by molar-refractivity contribution is -0.167. The van der Waals surface area contributed by atoms with Crippen LogP contribution < -0.4 is 0 Å². The quantitative estimate of drug-likeness (QED) is 0.0344. The average Bonchev–Trinajstić information content (AvgIpc) is 3.26. The maximum Gasteiger partial charge on any atom is 0.306 e. The molecule has 0 bridgehead atoms. The summed E-state index contributed by atoms with van der Waals surface area (Å²) in [4.78, 5) is 38.1. The minimum absolute atomic E-state index is 0.0634. The highest BCUT2D eigenvalue weighted by atomic mass is 16.6. The number of esters is 3. The van der Waals surface area contributed by atoms with Crippen molar-refractivity contribution >= 4 is 17.9 Å². The average molecular weight is 877 g/mol. The normalized spacial score (nSPS) is 12.5. The second-order valence-corrected chi connectivity index (χ2v) is 19.9. The van der Waals surface area contributed by atoms with Crippen LogP contribution in [0.5, 0.6) is 0 Å². The van der Waals surface area contributed by atoms with Crippen LogP contribution in [-0.2, 0) is 28.6 Å². The third kappa shape index (κ3) is 47.9. The van der Waals surface area contributed by atoms with Crippen LogP contribution in [0.2, 0.25) is 0 Å². The number of carbonyl (C=O) groups excluding carboxylic acids is 3. The van der Waals surface area contributed by atoms with Gasteiger partial charge in [0.05, 0.1) is 0 Å². The Kier molecular flexibility index (Phi) is 47.6. The molecule has 0 aromatic rings. The van der Waals surface area contributed by atoms with Crippen molar-refractivity contribution in [2.45, 2.75) is 317 Å². The minimum Gasteiger partial charge on any atom is -0.462 e. The fourth-order valence-electron chi connectivity index (χ4n) is 8.49. The van der Waals surface area contributed by atoms with Crippen LogP contribution in [0.15, 0.2) is 0 Å². The second-order valence-electron chi connectivity index (χ2n) is 19.9. The molecule has 0 aliphatic carbocycles. The van der Waals surface area contributed by atoms with Gasteiger partial charge in [0.1, 0.15) is 13.2 Å². The van der Waals surface area contributed by atoms with Gasteiger partial charge in [-0.25, -0.2) is 0 Å². The molecule has 0 saturated carbocycles. The molecule has 0 fully saturated rings. The molecular weight excluding hydrogens is 769 g/mol. The van der Waals surface area contributed by atoms with E-state index in [-0.39, 0.29) is 31.1 Å². The highest BCUT2D eigenvalue weighted by Gasteiger charge is 2.19. The van der Waals surface area contributed by atoms with E-state index in [1.54, 1.807) is 0 Å². The first-order chi connectivity index (χ1) is 30.3. The molecule has 0 rings (SSSR count). The highest BCUT2D eigenvalue weighted by Crippen LogP contribution is 2.18. The summed E-state index contributed by atoms with van der Waals surface area (Å²) in [6, 6.07) is 0. The maximum absolute atomic E-state index is 12.8. The number of hydrogen-bond acceptors (Lipinski definition) is 6. The van der Waals surface area contributed by atoms with Crippen molar-refractivity contribution in [3.63, 3.8) is 0 Å². The van der Waals surface area contributed by atoms with E-state index in [0.29, 0.717) is 19.3 Å². The zero-order chi connectivity index (χ0) is 45.4. The van der Waals surface area contributed by atoms with E-state index in [0.717, 1.165) is 69.6 Å². The fourth-order valence-corrected chi connectivity index (χ4v) is 8.49. The Morgan fingerprint density at radius 2 is 0.613 bits per heavy atom. The van der Waals surface area contributed by atoms with Crippen molar-refractivity contribution in [2.75, 3.05) is 13.2 Å². The van der Waals surface area contributed by atoms with E-state index in [9.17, 15) is 14.4 Å². The molecule has 0 aromatic carbocycles. The van der Waals surface area contributed by atoms with Crippen molar-refractivity contribution in [2.24, 2.45) is 11.8 Å². The largest absolute Gasteiger partial charge is 0.462 e. The van der Waals surface area contributed by atoms with Gasteiger partial charge in [0.15, 0.2) is 6.10 Å². The summed E-state index contributed by atoms with van der Waals surface area (Å²) in [5, 5.41) is 0. The molecule has 1 unspecified atom stereocenters. The Hall–Kier alpha value is -1.59. The fraction of sp³-hybridized carbons (Fsp3) is 0.946.